The van der Waals surface area contributed by atoms with Crippen molar-refractivity contribution >= 4 is 45.0 Å². The van der Waals surface area contributed by atoms with Gasteiger partial charge in [0.05, 0.1) is 11.3 Å². The molecule has 2 aromatic rings. The SMILES string of the molecule is O=C(Cn1cc(Br)ccc1=O)Nc1cc(Cl)ccc1C(=O)N1CCCCC1. The summed E-state index contributed by atoms with van der Waals surface area (Å²) in [7, 11) is 0. The van der Waals surface area contributed by atoms with E-state index >= 15 is 0 Å². The first-order chi connectivity index (χ1) is 12.9. The van der Waals surface area contributed by atoms with E-state index in [1.807, 2.05) is 0 Å². The summed E-state index contributed by atoms with van der Waals surface area (Å²) in [6.07, 6.45) is 4.62. The molecule has 0 bridgehead atoms. The standard InChI is InChI=1S/C19H19BrClN3O3/c20-13-4-7-18(26)24(11-13)12-17(25)22-16-10-14(21)5-6-15(16)19(27)23-8-2-1-3-9-23/h4-7,10-11H,1-3,8-9,12H2,(H,22,25). The third-order valence-corrected chi connectivity index (χ3v) is 5.09. The van der Waals surface area contributed by atoms with Crippen LogP contribution in [0, 0.1) is 0 Å². The zero-order valence-electron chi connectivity index (χ0n) is 14.6. The lowest BCUT2D eigenvalue weighted by Crippen LogP contribution is -2.36. The first kappa shape index (κ1) is 19.6. The highest BCUT2D eigenvalue weighted by Crippen LogP contribution is 2.24. The molecular formula is C19H19BrClN3O3. The van der Waals surface area contributed by atoms with Crippen molar-refractivity contribution in [3.63, 3.8) is 0 Å². The highest BCUT2D eigenvalue weighted by atomic mass is 79.9. The Morgan fingerprint density at radius 3 is 2.59 bits per heavy atom. The molecular weight excluding hydrogens is 434 g/mol. The molecule has 6 nitrogen and oxygen atoms in total. The van der Waals surface area contributed by atoms with Crippen molar-refractivity contribution in [3.05, 3.63) is 61.9 Å². The van der Waals surface area contributed by atoms with Gasteiger partial charge in [0.15, 0.2) is 0 Å². The number of halogens is 2. The number of aromatic nitrogens is 1. The van der Waals surface area contributed by atoms with Crippen molar-refractivity contribution in [2.24, 2.45) is 0 Å². The fourth-order valence-corrected chi connectivity index (χ4v) is 3.60. The van der Waals surface area contributed by atoms with Gasteiger partial charge in [0.25, 0.3) is 11.5 Å². The third kappa shape index (κ3) is 4.99. The van der Waals surface area contributed by atoms with Gasteiger partial charge in [-0.15, -0.1) is 0 Å². The van der Waals surface area contributed by atoms with Crippen LogP contribution in [0.25, 0.3) is 0 Å². The number of nitrogens with one attached hydrogen (secondary N) is 1. The van der Waals surface area contributed by atoms with Crippen molar-refractivity contribution in [2.45, 2.75) is 25.8 Å². The van der Waals surface area contributed by atoms with Crippen LogP contribution in [-0.4, -0.2) is 34.4 Å². The van der Waals surface area contributed by atoms with E-state index in [0.717, 1.165) is 19.3 Å². The number of likely N-dealkylation sites (tertiary alicyclic amines) is 1. The maximum absolute atomic E-state index is 12.8. The zero-order valence-corrected chi connectivity index (χ0v) is 16.9. The smallest absolute Gasteiger partial charge is 0.255 e. The maximum atomic E-state index is 12.8. The summed E-state index contributed by atoms with van der Waals surface area (Å²) in [5.41, 5.74) is 0.464. The number of carbonyl (C=O) groups is 2. The molecule has 0 spiro atoms. The fraction of sp³-hybridized carbons (Fsp3) is 0.316. The molecule has 1 saturated heterocycles. The monoisotopic (exact) mass is 451 g/mol. The zero-order chi connectivity index (χ0) is 19.4. The molecule has 0 radical (unpaired) electrons. The van der Waals surface area contributed by atoms with Crippen LogP contribution in [0.1, 0.15) is 29.6 Å². The maximum Gasteiger partial charge on any atom is 0.255 e. The number of carbonyl (C=O) groups excluding carboxylic acids is 2. The van der Waals surface area contributed by atoms with Crippen molar-refractivity contribution in [3.8, 4) is 0 Å². The number of amides is 2. The Morgan fingerprint density at radius 1 is 1.11 bits per heavy atom. The predicted octanol–water partition coefficient (Wildman–Crippen LogP) is 3.53. The van der Waals surface area contributed by atoms with E-state index in [1.165, 1.54) is 10.6 Å². The second-order valence-electron chi connectivity index (χ2n) is 6.40. The second-order valence-corrected chi connectivity index (χ2v) is 7.76. The van der Waals surface area contributed by atoms with Crippen LogP contribution in [0.15, 0.2) is 45.8 Å². The Hall–Kier alpha value is -2.12. The minimum atomic E-state index is -0.412. The van der Waals surface area contributed by atoms with E-state index < -0.39 is 5.91 Å². The molecule has 0 atom stereocenters. The van der Waals surface area contributed by atoms with Crippen LogP contribution < -0.4 is 10.9 Å². The van der Waals surface area contributed by atoms with Gasteiger partial charge in [0.1, 0.15) is 6.54 Å². The Morgan fingerprint density at radius 2 is 1.85 bits per heavy atom. The van der Waals surface area contributed by atoms with Gasteiger partial charge in [0, 0.05) is 34.8 Å². The summed E-state index contributed by atoms with van der Waals surface area (Å²) in [5.74, 6) is -0.536. The van der Waals surface area contributed by atoms with Crippen molar-refractivity contribution in [1.82, 2.24) is 9.47 Å². The summed E-state index contributed by atoms with van der Waals surface area (Å²) in [6, 6.07) is 7.80. The highest BCUT2D eigenvalue weighted by Gasteiger charge is 2.22. The third-order valence-electron chi connectivity index (χ3n) is 4.39. The normalized spacial score (nSPS) is 14.1. The quantitative estimate of drug-likeness (QED) is 0.771. The molecule has 2 amide bonds. The van der Waals surface area contributed by atoms with Gasteiger partial charge < -0.3 is 14.8 Å². The van der Waals surface area contributed by atoms with Crippen LogP contribution in [0.3, 0.4) is 0 Å². The molecule has 27 heavy (non-hydrogen) atoms. The highest BCUT2D eigenvalue weighted by molar-refractivity contribution is 9.10. The lowest BCUT2D eigenvalue weighted by atomic mass is 10.1. The minimum Gasteiger partial charge on any atom is -0.339 e. The van der Waals surface area contributed by atoms with Gasteiger partial charge in [-0.05, 0) is 59.5 Å². The summed E-state index contributed by atoms with van der Waals surface area (Å²) in [6.45, 7) is 1.26. The lowest BCUT2D eigenvalue weighted by Gasteiger charge is -2.27. The number of anilines is 1. The first-order valence-electron chi connectivity index (χ1n) is 8.69. The molecule has 0 unspecified atom stereocenters. The Labute approximate surface area is 170 Å². The fourth-order valence-electron chi connectivity index (χ4n) is 3.04. The van der Waals surface area contributed by atoms with E-state index in [4.69, 9.17) is 11.6 Å². The average Bonchev–Trinajstić information content (AvgIpc) is 2.65. The number of benzene rings is 1. The Balaban J connectivity index is 1.80. The van der Waals surface area contributed by atoms with Gasteiger partial charge >= 0.3 is 0 Å². The van der Waals surface area contributed by atoms with Crippen LogP contribution in [0.4, 0.5) is 5.69 Å². The number of rotatable bonds is 4. The van der Waals surface area contributed by atoms with Gasteiger partial charge in [-0.2, -0.15) is 0 Å². The van der Waals surface area contributed by atoms with Crippen LogP contribution in [-0.2, 0) is 11.3 Å². The molecule has 8 heteroatoms. The van der Waals surface area contributed by atoms with E-state index in [-0.39, 0.29) is 18.0 Å². The van der Waals surface area contributed by atoms with Crippen molar-refractivity contribution in [1.29, 1.82) is 0 Å². The number of hydrogen-bond acceptors (Lipinski definition) is 3. The molecule has 1 aromatic carbocycles. The average molecular weight is 453 g/mol. The number of hydrogen-bond donors (Lipinski definition) is 1. The topological polar surface area (TPSA) is 71.4 Å². The van der Waals surface area contributed by atoms with Gasteiger partial charge in [-0.25, -0.2) is 0 Å². The van der Waals surface area contributed by atoms with E-state index in [1.54, 1.807) is 35.4 Å². The molecule has 0 aliphatic carbocycles. The number of piperidine rings is 1. The molecule has 1 aliphatic rings. The molecule has 1 fully saturated rings. The first-order valence-corrected chi connectivity index (χ1v) is 9.86. The second kappa shape index (κ2) is 8.71. The van der Waals surface area contributed by atoms with Gasteiger partial charge in [0.2, 0.25) is 5.91 Å². The molecule has 1 aliphatic heterocycles. The van der Waals surface area contributed by atoms with Crippen LogP contribution >= 0.6 is 27.5 Å². The molecule has 1 aromatic heterocycles. The van der Waals surface area contributed by atoms with Crippen LogP contribution in [0.2, 0.25) is 5.02 Å². The van der Waals surface area contributed by atoms with E-state index in [9.17, 15) is 14.4 Å². The number of nitrogens with zero attached hydrogens (tertiary/aromatic N) is 2. The molecule has 3 rings (SSSR count). The largest absolute Gasteiger partial charge is 0.339 e. The Bertz CT molecular complexity index is 923. The molecule has 0 saturated carbocycles. The van der Waals surface area contributed by atoms with Crippen molar-refractivity contribution < 1.29 is 9.59 Å². The molecule has 1 N–H and O–H groups in total. The van der Waals surface area contributed by atoms with Gasteiger partial charge in [-0.1, -0.05) is 11.6 Å². The van der Waals surface area contributed by atoms with Gasteiger partial charge in [-0.3, -0.25) is 14.4 Å². The van der Waals surface area contributed by atoms with E-state index in [2.05, 4.69) is 21.2 Å². The lowest BCUT2D eigenvalue weighted by molar-refractivity contribution is -0.116. The van der Waals surface area contributed by atoms with E-state index in [0.29, 0.717) is 33.8 Å². The minimum absolute atomic E-state index is 0.124. The van der Waals surface area contributed by atoms with Crippen molar-refractivity contribution in [2.75, 3.05) is 18.4 Å². The summed E-state index contributed by atoms with van der Waals surface area (Å²) >= 11 is 9.34. The van der Waals surface area contributed by atoms with Crippen LogP contribution in [0.5, 0.6) is 0 Å². The molecule has 142 valence electrons. The summed E-state index contributed by atoms with van der Waals surface area (Å²) in [4.78, 5) is 39.0. The summed E-state index contributed by atoms with van der Waals surface area (Å²) < 4.78 is 1.98. The number of pyridine rings is 1. The Kier molecular flexibility index (Phi) is 6.34. The predicted molar refractivity (Wildman–Crippen MR) is 108 cm³/mol. The molecule has 2 heterocycles. The summed E-state index contributed by atoms with van der Waals surface area (Å²) in [5, 5.41) is 3.14.